The van der Waals surface area contributed by atoms with Crippen LogP contribution in [-0.2, 0) is 0 Å². The zero-order valence-corrected chi connectivity index (χ0v) is 9.52. The maximum atomic E-state index is 9.87. The molecule has 0 aromatic heterocycles. The Bertz CT molecular complexity index is 304. The molecular formula is C11H16O3S. The highest BCUT2D eigenvalue weighted by atomic mass is 32.1. The van der Waals surface area contributed by atoms with Gasteiger partial charge in [-0.25, -0.2) is 0 Å². The summed E-state index contributed by atoms with van der Waals surface area (Å²) in [6.07, 6.45) is -1.28. The largest absolute Gasteiger partial charge is 0.496 e. The van der Waals surface area contributed by atoms with Crippen LogP contribution in [0.25, 0.3) is 0 Å². The summed E-state index contributed by atoms with van der Waals surface area (Å²) < 4.78 is 5.10. The third-order valence-electron chi connectivity index (χ3n) is 2.25. The summed E-state index contributed by atoms with van der Waals surface area (Å²) in [5, 5.41) is 19.5. The number of hydrogen-bond donors (Lipinski definition) is 3. The molecule has 0 heterocycles. The van der Waals surface area contributed by atoms with Crippen molar-refractivity contribution in [1.29, 1.82) is 0 Å². The first kappa shape index (κ1) is 12.4. The van der Waals surface area contributed by atoms with Gasteiger partial charge in [0.25, 0.3) is 0 Å². The van der Waals surface area contributed by atoms with Gasteiger partial charge in [-0.15, -0.1) is 0 Å². The van der Waals surface area contributed by atoms with Crippen LogP contribution >= 0.6 is 12.6 Å². The number of ether oxygens (including phenoxy) is 1. The maximum Gasteiger partial charge on any atom is 0.124 e. The van der Waals surface area contributed by atoms with E-state index >= 15 is 0 Å². The molecule has 1 rings (SSSR count). The summed E-state index contributed by atoms with van der Waals surface area (Å²) in [5.41, 5.74) is 0.606. The summed E-state index contributed by atoms with van der Waals surface area (Å²) in [6, 6.07) is 7.12. The van der Waals surface area contributed by atoms with Crippen molar-refractivity contribution >= 4 is 12.6 Å². The van der Waals surface area contributed by atoms with Gasteiger partial charge in [-0.05, 0) is 18.2 Å². The first-order chi connectivity index (χ1) is 7.20. The van der Waals surface area contributed by atoms with Crippen LogP contribution in [0.3, 0.4) is 0 Å². The fourth-order valence-corrected chi connectivity index (χ4v) is 1.67. The Morgan fingerprint density at radius 1 is 1.33 bits per heavy atom. The third kappa shape index (κ3) is 3.12. The Morgan fingerprint density at radius 3 is 2.60 bits per heavy atom. The Hall–Kier alpha value is -0.710. The van der Waals surface area contributed by atoms with E-state index in [1.807, 2.05) is 6.07 Å². The van der Waals surface area contributed by atoms with Gasteiger partial charge in [0.05, 0.1) is 13.2 Å². The van der Waals surface area contributed by atoms with Crippen molar-refractivity contribution < 1.29 is 14.9 Å². The minimum atomic E-state index is -0.923. The van der Waals surface area contributed by atoms with E-state index in [2.05, 4.69) is 12.6 Å². The van der Waals surface area contributed by atoms with Crippen molar-refractivity contribution in [2.24, 2.45) is 0 Å². The molecule has 0 bridgehead atoms. The average molecular weight is 228 g/mol. The lowest BCUT2D eigenvalue weighted by atomic mass is 10.0. The minimum Gasteiger partial charge on any atom is -0.496 e. The van der Waals surface area contributed by atoms with Crippen molar-refractivity contribution in [2.75, 3.05) is 12.9 Å². The summed E-state index contributed by atoms with van der Waals surface area (Å²) in [6.45, 7) is 0. The lowest BCUT2D eigenvalue weighted by Gasteiger charge is -2.19. The van der Waals surface area contributed by atoms with Gasteiger partial charge in [0.1, 0.15) is 11.9 Å². The molecule has 0 amide bonds. The van der Waals surface area contributed by atoms with Crippen LogP contribution in [0.5, 0.6) is 5.75 Å². The van der Waals surface area contributed by atoms with Gasteiger partial charge in [-0.2, -0.15) is 12.6 Å². The predicted octanol–water partition coefficient (Wildman–Crippen LogP) is 1.41. The van der Waals surface area contributed by atoms with Crippen molar-refractivity contribution in [1.82, 2.24) is 0 Å². The van der Waals surface area contributed by atoms with E-state index in [4.69, 9.17) is 4.74 Å². The van der Waals surface area contributed by atoms with E-state index < -0.39 is 12.2 Å². The number of methoxy groups -OCH3 is 1. The van der Waals surface area contributed by atoms with Crippen LogP contribution < -0.4 is 4.74 Å². The van der Waals surface area contributed by atoms with E-state index in [1.165, 1.54) is 7.11 Å². The number of benzene rings is 1. The van der Waals surface area contributed by atoms with E-state index in [9.17, 15) is 10.2 Å². The van der Waals surface area contributed by atoms with E-state index in [1.54, 1.807) is 18.2 Å². The fourth-order valence-electron chi connectivity index (χ4n) is 1.41. The number of aliphatic hydroxyl groups is 2. The quantitative estimate of drug-likeness (QED) is 0.668. The van der Waals surface area contributed by atoms with Gasteiger partial charge < -0.3 is 14.9 Å². The Morgan fingerprint density at radius 2 is 2.00 bits per heavy atom. The molecule has 84 valence electrons. The molecule has 2 N–H and O–H groups in total. The number of rotatable bonds is 5. The van der Waals surface area contributed by atoms with Crippen LogP contribution in [0.4, 0.5) is 0 Å². The highest BCUT2D eigenvalue weighted by molar-refractivity contribution is 7.80. The van der Waals surface area contributed by atoms with Crippen LogP contribution in [0, 0.1) is 0 Å². The van der Waals surface area contributed by atoms with Gasteiger partial charge in [0, 0.05) is 5.56 Å². The summed E-state index contributed by atoms with van der Waals surface area (Å²) in [7, 11) is 1.54. The van der Waals surface area contributed by atoms with E-state index in [0.717, 1.165) is 0 Å². The van der Waals surface area contributed by atoms with Crippen molar-refractivity contribution in [2.45, 2.75) is 18.6 Å². The molecule has 0 saturated heterocycles. The standard InChI is InChI=1S/C11H16O3S/c1-14-10-5-3-2-4-8(10)11(13)9(12)6-7-15/h2-5,9,11-13,15H,6-7H2,1H3. The first-order valence-corrected chi connectivity index (χ1v) is 5.44. The monoisotopic (exact) mass is 228 g/mol. The lowest BCUT2D eigenvalue weighted by molar-refractivity contribution is 0.0159. The molecule has 2 unspecified atom stereocenters. The van der Waals surface area contributed by atoms with Gasteiger partial charge in [0.2, 0.25) is 0 Å². The minimum absolute atomic E-state index is 0.447. The number of hydrogen-bond acceptors (Lipinski definition) is 4. The second-order valence-corrected chi connectivity index (χ2v) is 3.71. The van der Waals surface area contributed by atoms with Crippen LogP contribution in [0.15, 0.2) is 24.3 Å². The lowest BCUT2D eigenvalue weighted by Crippen LogP contribution is -2.19. The normalized spacial score (nSPS) is 14.7. The second-order valence-electron chi connectivity index (χ2n) is 3.27. The van der Waals surface area contributed by atoms with Crippen molar-refractivity contribution in [3.8, 4) is 5.75 Å². The zero-order chi connectivity index (χ0) is 11.3. The molecule has 0 aliphatic heterocycles. The number of aliphatic hydroxyl groups excluding tert-OH is 2. The number of para-hydroxylation sites is 1. The van der Waals surface area contributed by atoms with Crippen LogP contribution in [0.1, 0.15) is 18.1 Å². The van der Waals surface area contributed by atoms with E-state index in [-0.39, 0.29) is 0 Å². The second kappa shape index (κ2) is 6.00. The van der Waals surface area contributed by atoms with Crippen LogP contribution in [0.2, 0.25) is 0 Å². The Balaban J connectivity index is 2.84. The molecule has 0 fully saturated rings. The van der Waals surface area contributed by atoms with Gasteiger partial charge in [-0.1, -0.05) is 18.2 Å². The molecular weight excluding hydrogens is 212 g/mol. The summed E-state index contributed by atoms with van der Waals surface area (Å²) >= 11 is 4.01. The molecule has 0 spiro atoms. The number of thiol groups is 1. The average Bonchev–Trinajstić information content (AvgIpc) is 2.28. The molecule has 1 aromatic rings. The molecule has 0 aliphatic carbocycles. The first-order valence-electron chi connectivity index (χ1n) is 4.80. The molecule has 15 heavy (non-hydrogen) atoms. The molecule has 4 heteroatoms. The highest BCUT2D eigenvalue weighted by Crippen LogP contribution is 2.27. The molecule has 1 aromatic carbocycles. The molecule has 2 atom stereocenters. The smallest absolute Gasteiger partial charge is 0.124 e. The summed E-state index contributed by atoms with van der Waals surface area (Å²) in [4.78, 5) is 0. The van der Waals surface area contributed by atoms with Gasteiger partial charge in [0.15, 0.2) is 0 Å². The van der Waals surface area contributed by atoms with Crippen LogP contribution in [-0.4, -0.2) is 29.2 Å². The molecule has 0 radical (unpaired) electrons. The molecule has 0 aliphatic rings. The van der Waals surface area contributed by atoms with Crippen molar-refractivity contribution in [3.63, 3.8) is 0 Å². The van der Waals surface area contributed by atoms with Gasteiger partial charge in [-0.3, -0.25) is 0 Å². The van der Waals surface area contributed by atoms with Crippen molar-refractivity contribution in [3.05, 3.63) is 29.8 Å². The summed E-state index contributed by atoms with van der Waals surface area (Å²) in [5.74, 6) is 1.12. The molecule has 0 saturated carbocycles. The predicted molar refractivity (Wildman–Crippen MR) is 62.4 cm³/mol. The maximum absolute atomic E-state index is 9.87. The highest BCUT2D eigenvalue weighted by Gasteiger charge is 2.20. The third-order valence-corrected chi connectivity index (χ3v) is 2.51. The Labute approximate surface area is 95.1 Å². The SMILES string of the molecule is COc1ccccc1C(O)C(O)CCS. The molecule has 3 nitrogen and oxygen atoms in total. The van der Waals surface area contributed by atoms with E-state index in [0.29, 0.717) is 23.5 Å². The topological polar surface area (TPSA) is 49.7 Å². The fraction of sp³-hybridized carbons (Fsp3) is 0.455. The zero-order valence-electron chi connectivity index (χ0n) is 8.63. The van der Waals surface area contributed by atoms with Gasteiger partial charge >= 0.3 is 0 Å². The Kier molecular flexibility index (Phi) is 4.94.